The number of rotatable bonds is 3. The van der Waals surface area contributed by atoms with Crippen LogP contribution < -0.4 is 10.6 Å². The maximum Gasteiger partial charge on any atom is 0.410 e. The SMILES string of the molecule is CC(C)(C)OC(=O)N[C@H]1CCCCC/C=C/[C@@H]2C[C@@]2(C(=O)O)NC(=O)[C@@H]2C[C@@H](OC(=O)N3Cc4cc(Cl)c(Cl)cc4C3)CN2C1=O. The molecular formula is C32H40Cl2N4O8. The van der Waals surface area contributed by atoms with Gasteiger partial charge >= 0.3 is 18.2 Å². The first-order chi connectivity index (χ1) is 21.7. The van der Waals surface area contributed by atoms with Crippen molar-refractivity contribution in [1.29, 1.82) is 0 Å². The van der Waals surface area contributed by atoms with E-state index in [9.17, 15) is 29.1 Å². The molecule has 3 N–H and O–H groups in total. The molecule has 5 rings (SSSR count). The second kappa shape index (κ2) is 13.3. The zero-order chi connectivity index (χ0) is 33.4. The van der Waals surface area contributed by atoms with Gasteiger partial charge in [-0.15, -0.1) is 0 Å². The van der Waals surface area contributed by atoms with E-state index in [4.69, 9.17) is 32.7 Å². The molecule has 4 amide bonds. The van der Waals surface area contributed by atoms with Crippen LogP contribution in [0, 0.1) is 5.92 Å². The Labute approximate surface area is 277 Å². The minimum absolute atomic E-state index is 0.0445. The zero-order valence-electron chi connectivity index (χ0n) is 26.1. The first kappa shape index (κ1) is 33.8. The molecule has 1 saturated heterocycles. The minimum atomic E-state index is -1.48. The summed E-state index contributed by atoms with van der Waals surface area (Å²) < 4.78 is 11.2. The highest BCUT2D eigenvalue weighted by Crippen LogP contribution is 2.45. The average molecular weight is 680 g/mol. The summed E-state index contributed by atoms with van der Waals surface area (Å²) in [7, 11) is 0. The highest BCUT2D eigenvalue weighted by atomic mass is 35.5. The van der Waals surface area contributed by atoms with Crippen LogP contribution in [0.15, 0.2) is 24.3 Å². The second-order valence-corrected chi connectivity index (χ2v) is 14.3. The largest absolute Gasteiger partial charge is 0.479 e. The Morgan fingerprint density at radius 3 is 2.37 bits per heavy atom. The Kier molecular flexibility index (Phi) is 9.79. The molecule has 250 valence electrons. The van der Waals surface area contributed by atoms with Crippen LogP contribution >= 0.6 is 23.2 Å². The van der Waals surface area contributed by atoms with Crippen LogP contribution in [-0.2, 0) is 36.9 Å². The van der Waals surface area contributed by atoms with Gasteiger partial charge in [-0.05, 0) is 69.7 Å². The van der Waals surface area contributed by atoms with E-state index in [0.717, 1.165) is 30.4 Å². The van der Waals surface area contributed by atoms with Gasteiger partial charge in [0.05, 0.1) is 16.6 Å². The molecule has 1 aromatic carbocycles. The average Bonchev–Trinajstić information content (AvgIpc) is 3.27. The van der Waals surface area contributed by atoms with E-state index in [0.29, 0.717) is 22.9 Å². The van der Waals surface area contributed by atoms with Crippen LogP contribution in [0.5, 0.6) is 0 Å². The van der Waals surface area contributed by atoms with Gasteiger partial charge in [-0.2, -0.15) is 0 Å². The molecule has 0 aromatic heterocycles. The number of carbonyl (C=O) groups is 5. The molecule has 1 saturated carbocycles. The Morgan fingerprint density at radius 1 is 1.07 bits per heavy atom. The normalized spacial score (nSPS) is 28.9. The fraction of sp³-hybridized carbons (Fsp3) is 0.594. The van der Waals surface area contributed by atoms with E-state index in [2.05, 4.69) is 10.6 Å². The molecule has 5 atom stereocenters. The lowest BCUT2D eigenvalue weighted by Gasteiger charge is -2.30. The van der Waals surface area contributed by atoms with Crippen molar-refractivity contribution in [2.45, 2.75) is 108 Å². The molecule has 4 aliphatic rings. The topological polar surface area (TPSA) is 155 Å². The van der Waals surface area contributed by atoms with Crippen molar-refractivity contribution < 1.29 is 38.6 Å². The van der Waals surface area contributed by atoms with Crippen molar-refractivity contribution in [3.8, 4) is 0 Å². The number of aliphatic carboxylic acids is 1. The molecule has 0 bridgehead atoms. The quantitative estimate of drug-likeness (QED) is 0.386. The summed E-state index contributed by atoms with van der Waals surface area (Å²) in [6, 6.07) is 1.27. The third kappa shape index (κ3) is 7.54. The first-order valence-corrected chi connectivity index (χ1v) is 16.4. The first-order valence-electron chi connectivity index (χ1n) is 15.6. The van der Waals surface area contributed by atoms with Crippen molar-refractivity contribution >= 4 is 53.2 Å². The summed E-state index contributed by atoms with van der Waals surface area (Å²) in [5.41, 5.74) is -0.604. The summed E-state index contributed by atoms with van der Waals surface area (Å²) in [6.07, 6.45) is 4.91. The monoisotopic (exact) mass is 678 g/mol. The third-order valence-corrected chi connectivity index (χ3v) is 9.52. The maximum atomic E-state index is 14.1. The van der Waals surface area contributed by atoms with Crippen LogP contribution in [0.3, 0.4) is 0 Å². The maximum absolute atomic E-state index is 14.1. The number of hydrogen-bond acceptors (Lipinski definition) is 7. The number of alkyl carbamates (subject to hydrolysis) is 1. The van der Waals surface area contributed by atoms with Crippen molar-refractivity contribution in [1.82, 2.24) is 20.4 Å². The Balaban J connectivity index is 1.37. The second-order valence-electron chi connectivity index (χ2n) is 13.5. The lowest BCUT2D eigenvalue weighted by molar-refractivity contribution is -0.145. The Hall–Kier alpha value is -3.51. The third-order valence-electron chi connectivity index (χ3n) is 8.80. The predicted molar refractivity (Wildman–Crippen MR) is 168 cm³/mol. The molecule has 3 heterocycles. The molecule has 3 aliphatic heterocycles. The molecule has 1 aromatic rings. The molecule has 2 fully saturated rings. The summed E-state index contributed by atoms with van der Waals surface area (Å²) in [5.74, 6) is -2.73. The number of allylic oxidation sites excluding steroid dienone is 1. The smallest absolute Gasteiger partial charge is 0.410 e. The summed E-state index contributed by atoms with van der Waals surface area (Å²) in [6.45, 7) is 5.53. The molecule has 0 unspecified atom stereocenters. The fourth-order valence-electron chi connectivity index (χ4n) is 6.33. The number of fused-ring (bicyclic) bond motifs is 3. The number of nitrogens with one attached hydrogen (secondary N) is 2. The number of hydrogen-bond donors (Lipinski definition) is 3. The summed E-state index contributed by atoms with van der Waals surface area (Å²) >= 11 is 12.3. The van der Waals surface area contributed by atoms with E-state index in [1.807, 2.05) is 12.2 Å². The lowest BCUT2D eigenvalue weighted by Crippen LogP contribution is -2.56. The van der Waals surface area contributed by atoms with Gasteiger partial charge in [0.1, 0.15) is 29.3 Å². The van der Waals surface area contributed by atoms with Gasteiger partial charge in [-0.1, -0.05) is 48.2 Å². The standard InChI is InChI=1S/C32H40Cl2N4O8/c1-31(2,3)46-29(43)35-24-10-8-6-4-5-7-9-20-14-32(20,28(41)42)36-26(39)25-13-21(17-38(25)27(24)40)45-30(44)37-15-18-11-22(33)23(34)12-19(18)16-37/h7,9,11-12,20-21,24-25H,4-6,8,10,13-17H2,1-3H3,(H,35,43)(H,36,39)(H,41,42)/b9-7+/t20-,21-,24+,25+,32-/m1/s1. The highest BCUT2D eigenvalue weighted by Gasteiger charge is 2.61. The number of halogens is 2. The van der Waals surface area contributed by atoms with Gasteiger partial charge in [0.2, 0.25) is 11.8 Å². The number of carboxylic acid groups (broad SMARTS) is 1. The van der Waals surface area contributed by atoms with Gasteiger partial charge in [0.15, 0.2) is 0 Å². The molecule has 14 heteroatoms. The molecule has 0 spiro atoms. The Morgan fingerprint density at radius 2 is 1.74 bits per heavy atom. The van der Waals surface area contributed by atoms with Crippen molar-refractivity contribution in [3.63, 3.8) is 0 Å². The number of ether oxygens (including phenoxy) is 2. The fourth-order valence-corrected chi connectivity index (χ4v) is 6.71. The zero-order valence-corrected chi connectivity index (χ0v) is 27.7. The van der Waals surface area contributed by atoms with Crippen LogP contribution in [-0.4, -0.2) is 80.7 Å². The number of carboxylic acids is 1. The molecule has 12 nitrogen and oxygen atoms in total. The molecular weight excluding hydrogens is 639 g/mol. The Bertz CT molecular complexity index is 1410. The van der Waals surface area contributed by atoms with Crippen molar-refractivity contribution in [2.24, 2.45) is 5.92 Å². The van der Waals surface area contributed by atoms with Gasteiger partial charge in [-0.25, -0.2) is 14.4 Å². The molecule has 0 radical (unpaired) electrons. The van der Waals surface area contributed by atoms with Gasteiger partial charge in [0, 0.05) is 25.4 Å². The van der Waals surface area contributed by atoms with E-state index < -0.39 is 59.3 Å². The van der Waals surface area contributed by atoms with E-state index in [-0.39, 0.29) is 38.4 Å². The molecule has 46 heavy (non-hydrogen) atoms. The van der Waals surface area contributed by atoms with E-state index >= 15 is 0 Å². The van der Waals surface area contributed by atoms with Crippen LogP contribution in [0.2, 0.25) is 10.0 Å². The van der Waals surface area contributed by atoms with E-state index in [1.165, 1.54) is 9.80 Å². The van der Waals surface area contributed by atoms with Crippen LogP contribution in [0.1, 0.15) is 76.8 Å². The van der Waals surface area contributed by atoms with Gasteiger partial charge in [-0.3, -0.25) is 14.5 Å². The lowest BCUT2D eigenvalue weighted by atomic mass is 10.0. The minimum Gasteiger partial charge on any atom is -0.479 e. The highest BCUT2D eigenvalue weighted by molar-refractivity contribution is 6.42. The number of amides is 4. The number of carbonyl (C=O) groups excluding carboxylic acids is 4. The van der Waals surface area contributed by atoms with Crippen molar-refractivity contribution in [3.05, 3.63) is 45.5 Å². The van der Waals surface area contributed by atoms with E-state index in [1.54, 1.807) is 32.9 Å². The van der Waals surface area contributed by atoms with Gasteiger partial charge in [0.25, 0.3) is 0 Å². The predicted octanol–water partition coefficient (Wildman–Crippen LogP) is 4.79. The van der Waals surface area contributed by atoms with Crippen LogP contribution in [0.4, 0.5) is 9.59 Å². The number of benzene rings is 1. The van der Waals surface area contributed by atoms with Crippen LogP contribution in [0.25, 0.3) is 0 Å². The van der Waals surface area contributed by atoms with Crippen molar-refractivity contribution in [2.75, 3.05) is 6.54 Å². The molecule has 1 aliphatic carbocycles. The van der Waals surface area contributed by atoms with Gasteiger partial charge < -0.3 is 30.1 Å². The summed E-state index contributed by atoms with van der Waals surface area (Å²) in [4.78, 5) is 69.0. The summed E-state index contributed by atoms with van der Waals surface area (Å²) in [5, 5.41) is 16.2. The number of nitrogens with zero attached hydrogens (tertiary/aromatic N) is 2.